The van der Waals surface area contributed by atoms with Gasteiger partial charge in [0.1, 0.15) is 5.75 Å². The zero-order valence-electron chi connectivity index (χ0n) is 11.9. The lowest BCUT2D eigenvalue weighted by molar-refractivity contribution is -0.0508. The number of para-hydroxylation sites is 1. The van der Waals surface area contributed by atoms with Crippen LogP contribution in [0.2, 0.25) is 0 Å². The first-order chi connectivity index (χ1) is 10.6. The van der Waals surface area contributed by atoms with E-state index in [2.05, 4.69) is 19.6 Å². The lowest BCUT2D eigenvalue weighted by Gasteiger charge is -2.28. The van der Waals surface area contributed by atoms with Crippen molar-refractivity contribution in [2.75, 3.05) is 12.3 Å². The molecule has 0 bridgehead atoms. The minimum atomic E-state index is -2.82. The smallest absolute Gasteiger partial charge is 0.387 e. The summed E-state index contributed by atoms with van der Waals surface area (Å²) in [5.41, 5.74) is 8.30. The van der Waals surface area contributed by atoms with Gasteiger partial charge in [-0.05, 0) is 6.07 Å². The van der Waals surface area contributed by atoms with Crippen LogP contribution in [-0.2, 0) is 19.5 Å². The molecule has 0 fully saturated rings. The molecule has 0 amide bonds. The highest BCUT2D eigenvalue weighted by Crippen LogP contribution is 2.24. The van der Waals surface area contributed by atoms with Crippen LogP contribution in [0, 0.1) is 0 Å². The molecule has 0 atom stereocenters. The van der Waals surface area contributed by atoms with Gasteiger partial charge in [0.05, 0.1) is 5.69 Å². The molecular formula is C15H16F2N4O. The molecule has 0 saturated carbocycles. The Bertz CT molecular complexity index is 666. The van der Waals surface area contributed by atoms with E-state index in [0.717, 1.165) is 29.8 Å². The van der Waals surface area contributed by atoms with Crippen molar-refractivity contribution in [2.45, 2.75) is 26.1 Å². The highest BCUT2D eigenvalue weighted by molar-refractivity contribution is 5.34. The molecule has 0 aliphatic carbocycles. The molecule has 0 saturated heterocycles. The lowest BCUT2D eigenvalue weighted by Crippen LogP contribution is -2.31. The molecule has 1 aliphatic heterocycles. The van der Waals surface area contributed by atoms with E-state index in [9.17, 15) is 8.78 Å². The fourth-order valence-corrected chi connectivity index (χ4v) is 2.61. The lowest BCUT2D eigenvalue weighted by atomic mass is 10.1. The topological polar surface area (TPSA) is 64.3 Å². The Balaban J connectivity index is 1.74. The number of aromatic nitrogens is 2. The fourth-order valence-electron chi connectivity index (χ4n) is 2.61. The third-order valence-electron chi connectivity index (χ3n) is 3.61. The molecule has 2 aromatic rings. The van der Waals surface area contributed by atoms with Gasteiger partial charge in [-0.3, -0.25) is 4.90 Å². The average Bonchev–Trinajstić information content (AvgIpc) is 2.49. The van der Waals surface area contributed by atoms with Crippen LogP contribution in [0.25, 0.3) is 0 Å². The molecule has 22 heavy (non-hydrogen) atoms. The van der Waals surface area contributed by atoms with Crippen molar-refractivity contribution in [1.82, 2.24) is 14.9 Å². The summed E-state index contributed by atoms with van der Waals surface area (Å²) >= 11 is 0. The van der Waals surface area contributed by atoms with Gasteiger partial charge in [0.2, 0.25) is 5.95 Å². The van der Waals surface area contributed by atoms with Gasteiger partial charge in [-0.15, -0.1) is 0 Å². The fraction of sp³-hybridized carbons (Fsp3) is 0.333. The van der Waals surface area contributed by atoms with Crippen LogP contribution >= 0.6 is 0 Å². The van der Waals surface area contributed by atoms with Gasteiger partial charge >= 0.3 is 6.61 Å². The quantitative estimate of drug-likeness (QED) is 0.938. The monoisotopic (exact) mass is 306 g/mol. The summed E-state index contributed by atoms with van der Waals surface area (Å²) in [5, 5.41) is 0. The molecule has 1 aromatic carbocycles. The first kappa shape index (κ1) is 14.6. The second-order valence-corrected chi connectivity index (χ2v) is 5.15. The van der Waals surface area contributed by atoms with E-state index in [-0.39, 0.29) is 11.7 Å². The number of hydrogen-bond acceptors (Lipinski definition) is 5. The van der Waals surface area contributed by atoms with E-state index in [1.54, 1.807) is 24.4 Å². The molecular weight excluding hydrogens is 290 g/mol. The van der Waals surface area contributed by atoms with E-state index in [1.807, 2.05) is 6.07 Å². The van der Waals surface area contributed by atoms with Crippen LogP contribution in [0.5, 0.6) is 5.75 Å². The SMILES string of the molecule is Nc1ncc2c(n1)CCN(Cc1ccccc1OC(F)F)C2. The average molecular weight is 306 g/mol. The molecule has 1 aliphatic rings. The van der Waals surface area contributed by atoms with Crippen LogP contribution < -0.4 is 10.5 Å². The first-order valence-corrected chi connectivity index (χ1v) is 6.97. The maximum absolute atomic E-state index is 12.4. The summed E-state index contributed by atoms with van der Waals surface area (Å²) in [6, 6.07) is 6.86. The van der Waals surface area contributed by atoms with Crippen LogP contribution in [0.1, 0.15) is 16.8 Å². The zero-order chi connectivity index (χ0) is 15.5. The molecule has 2 N–H and O–H groups in total. The van der Waals surface area contributed by atoms with Crippen molar-refractivity contribution >= 4 is 5.95 Å². The molecule has 7 heteroatoms. The Hall–Kier alpha value is -2.28. The number of alkyl halides is 2. The van der Waals surface area contributed by atoms with Crippen molar-refractivity contribution in [1.29, 1.82) is 0 Å². The maximum atomic E-state index is 12.4. The van der Waals surface area contributed by atoms with Crippen molar-refractivity contribution in [2.24, 2.45) is 0 Å². The van der Waals surface area contributed by atoms with Gasteiger partial charge in [-0.1, -0.05) is 18.2 Å². The van der Waals surface area contributed by atoms with E-state index in [1.165, 1.54) is 0 Å². The maximum Gasteiger partial charge on any atom is 0.387 e. The van der Waals surface area contributed by atoms with E-state index in [4.69, 9.17) is 5.73 Å². The van der Waals surface area contributed by atoms with Crippen molar-refractivity contribution in [3.8, 4) is 5.75 Å². The van der Waals surface area contributed by atoms with Crippen LogP contribution in [0.3, 0.4) is 0 Å². The Labute approximate surface area is 126 Å². The number of nitrogens with two attached hydrogens (primary N) is 1. The van der Waals surface area contributed by atoms with Crippen molar-refractivity contribution < 1.29 is 13.5 Å². The molecule has 1 aromatic heterocycles. The summed E-state index contributed by atoms with van der Waals surface area (Å²) in [4.78, 5) is 10.4. The standard InChI is InChI=1S/C15H16F2N4O/c16-14(17)22-13-4-2-1-3-10(13)8-21-6-5-12-11(9-21)7-19-15(18)20-12/h1-4,7,14H,5-6,8-9H2,(H2,18,19,20). The number of nitrogen functional groups attached to an aromatic ring is 1. The molecule has 5 nitrogen and oxygen atoms in total. The first-order valence-electron chi connectivity index (χ1n) is 6.97. The van der Waals surface area contributed by atoms with Crippen LogP contribution in [0.4, 0.5) is 14.7 Å². The highest BCUT2D eigenvalue weighted by Gasteiger charge is 2.19. The van der Waals surface area contributed by atoms with E-state index in [0.29, 0.717) is 13.1 Å². The molecule has 0 unspecified atom stereocenters. The van der Waals surface area contributed by atoms with Gasteiger partial charge in [-0.2, -0.15) is 8.78 Å². The number of hydrogen-bond donors (Lipinski definition) is 1. The second kappa shape index (κ2) is 6.23. The van der Waals surface area contributed by atoms with E-state index < -0.39 is 6.61 Å². The number of benzene rings is 1. The highest BCUT2D eigenvalue weighted by atomic mass is 19.3. The predicted octanol–water partition coefficient (Wildman–Crippen LogP) is 2.22. The predicted molar refractivity (Wildman–Crippen MR) is 77.3 cm³/mol. The Morgan fingerprint density at radius 1 is 1.32 bits per heavy atom. The minimum Gasteiger partial charge on any atom is -0.434 e. The van der Waals surface area contributed by atoms with Crippen LogP contribution in [0.15, 0.2) is 30.5 Å². The Kier molecular flexibility index (Phi) is 4.15. The number of ether oxygens (including phenoxy) is 1. The van der Waals surface area contributed by atoms with Crippen molar-refractivity contribution in [3.63, 3.8) is 0 Å². The molecule has 0 spiro atoms. The summed E-state index contributed by atoms with van der Waals surface area (Å²) in [6.45, 7) is -0.836. The van der Waals surface area contributed by atoms with Crippen molar-refractivity contribution in [3.05, 3.63) is 47.3 Å². The number of anilines is 1. The van der Waals surface area contributed by atoms with E-state index >= 15 is 0 Å². The summed E-state index contributed by atoms with van der Waals surface area (Å²) in [5.74, 6) is 0.500. The Morgan fingerprint density at radius 2 is 2.14 bits per heavy atom. The minimum absolute atomic E-state index is 0.219. The zero-order valence-corrected chi connectivity index (χ0v) is 11.9. The third kappa shape index (κ3) is 3.30. The molecule has 3 rings (SSSR count). The number of halogens is 2. The number of nitrogens with zero attached hydrogens (tertiary/aromatic N) is 3. The molecule has 2 heterocycles. The number of rotatable bonds is 4. The Morgan fingerprint density at radius 3 is 2.95 bits per heavy atom. The summed E-state index contributed by atoms with van der Waals surface area (Å²) in [6.07, 6.45) is 2.49. The van der Waals surface area contributed by atoms with Crippen LogP contribution in [-0.4, -0.2) is 28.0 Å². The summed E-state index contributed by atoms with van der Waals surface area (Å²) in [7, 11) is 0. The van der Waals surface area contributed by atoms with Gasteiger partial charge in [-0.25, -0.2) is 9.97 Å². The largest absolute Gasteiger partial charge is 0.434 e. The van der Waals surface area contributed by atoms with Gasteiger partial charge in [0.25, 0.3) is 0 Å². The number of fused-ring (bicyclic) bond motifs is 1. The molecule has 0 radical (unpaired) electrons. The summed E-state index contributed by atoms with van der Waals surface area (Å²) < 4.78 is 29.5. The van der Waals surface area contributed by atoms with Gasteiger partial charge < -0.3 is 10.5 Å². The van der Waals surface area contributed by atoms with Gasteiger partial charge in [0.15, 0.2) is 0 Å². The second-order valence-electron chi connectivity index (χ2n) is 5.15. The normalized spacial score (nSPS) is 14.9. The molecule has 116 valence electrons. The van der Waals surface area contributed by atoms with Gasteiger partial charge in [0, 0.05) is 43.4 Å². The third-order valence-corrected chi connectivity index (χ3v) is 3.61.